The minimum absolute atomic E-state index is 0.156. The molecule has 63 valence electrons. The summed E-state index contributed by atoms with van der Waals surface area (Å²) in [6.07, 6.45) is 0.156. The maximum Gasteiger partial charge on any atom is 0.0190 e. The molecule has 1 aliphatic rings. The van der Waals surface area contributed by atoms with Crippen LogP contribution in [0.4, 0.5) is 0 Å². The van der Waals surface area contributed by atoms with Crippen molar-refractivity contribution in [3.63, 3.8) is 0 Å². The van der Waals surface area contributed by atoms with E-state index in [1.54, 1.807) is 0 Å². The second-order valence-corrected chi connectivity index (χ2v) is 3.17. The largest absolute Gasteiger partial charge is 0.834 e. The molecule has 0 aromatic heterocycles. The van der Waals surface area contributed by atoms with Gasteiger partial charge in [-0.05, 0) is 18.7 Å². The van der Waals surface area contributed by atoms with Crippen molar-refractivity contribution in [3.8, 4) is 0 Å². The Morgan fingerprint density at radius 3 is 2.50 bits per heavy atom. The zero-order chi connectivity index (χ0) is 8.55. The Balaban J connectivity index is 2.10. The summed E-state index contributed by atoms with van der Waals surface area (Å²) in [6, 6.07) is 9.85. The van der Waals surface area contributed by atoms with Crippen molar-refractivity contribution in [3.05, 3.63) is 42.1 Å². The third-order valence-electron chi connectivity index (χ3n) is 2.14. The fourth-order valence-corrected chi connectivity index (χ4v) is 1.27. The van der Waals surface area contributed by atoms with Gasteiger partial charge < -0.3 is 10.0 Å². The molecular weight excluding hydrogens is 150 g/mol. The zero-order valence-corrected chi connectivity index (χ0v) is 7.03. The van der Waals surface area contributed by atoms with Gasteiger partial charge in [-0.2, -0.15) is 0 Å². The molecular formula is C10H11NO-. The Kier molecular flexibility index (Phi) is 1.87. The second kappa shape index (κ2) is 2.88. The van der Waals surface area contributed by atoms with Crippen molar-refractivity contribution in [1.82, 2.24) is 4.90 Å². The van der Waals surface area contributed by atoms with E-state index in [9.17, 15) is 5.11 Å². The molecule has 1 heterocycles. The summed E-state index contributed by atoms with van der Waals surface area (Å²) in [5, 5.41) is 11.5. The topological polar surface area (TPSA) is 26.1 Å². The molecule has 1 aromatic carbocycles. The van der Waals surface area contributed by atoms with Gasteiger partial charge in [0.2, 0.25) is 0 Å². The second-order valence-electron chi connectivity index (χ2n) is 3.17. The molecule has 1 aromatic rings. The highest BCUT2D eigenvalue weighted by Gasteiger charge is 2.30. The number of rotatable bonds is 2. The molecule has 1 fully saturated rings. The van der Waals surface area contributed by atoms with E-state index in [-0.39, 0.29) is 6.23 Å². The van der Waals surface area contributed by atoms with E-state index in [0.717, 1.165) is 12.1 Å². The van der Waals surface area contributed by atoms with Crippen LogP contribution < -0.4 is 5.11 Å². The molecule has 12 heavy (non-hydrogen) atoms. The van der Waals surface area contributed by atoms with Crippen LogP contribution in [0.15, 0.2) is 30.3 Å². The van der Waals surface area contributed by atoms with Crippen LogP contribution in [0, 0.1) is 6.23 Å². The van der Waals surface area contributed by atoms with Crippen LogP contribution >= 0.6 is 0 Å². The fourth-order valence-electron chi connectivity index (χ4n) is 1.27. The van der Waals surface area contributed by atoms with Crippen LogP contribution in [0.3, 0.4) is 0 Å². The maximum absolute atomic E-state index is 11.5. The van der Waals surface area contributed by atoms with Gasteiger partial charge >= 0.3 is 0 Å². The average Bonchev–Trinajstić information content (AvgIpc) is 2.83. The average molecular weight is 161 g/mol. The van der Waals surface area contributed by atoms with Crippen LogP contribution in [0.25, 0.3) is 0 Å². The highest BCUT2D eigenvalue weighted by atomic mass is 16.3. The summed E-state index contributed by atoms with van der Waals surface area (Å²) in [7, 11) is 0. The summed E-state index contributed by atoms with van der Waals surface area (Å²) in [4.78, 5) is 1.86. The van der Waals surface area contributed by atoms with Crippen LogP contribution in [-0.2, 0) is 0 Å². The zero-order valence-electron chi connectivity index (χ0n) is 7.03. The molecule has 1 saturated heterocycles. The first-order chi connectivity index (χ1) is 5.79. The van der Waals surface area contributed by atoms with Gasteiger partial charge in [0, 0.05) is 12.6 Å². The predicted molar refractivity (Wildman–Crippen MR) is 45.0 cm³/mol. The molecule has 0 amide bonds. The Bertz CT molecular complexity index is 260. The van der Waals surface area contributed by atoms with E-state index >= 15 is 0 Å². The molecule has 2 unspecified atom stereocenters. The Hall–Kier alpha value is -0.860. The molecule has 0 aliphatic carbocycles. The quantitative estimate of drug-likeness (QED) is 0.593. The van der Waals surface area contributed by atoms with Crippen molar-refractivity contribution < 1.29 is 5.11 Å². The Labute approximate surface area is 72.4 Å². The van der Waals surface area contributed by atoms with E-state index in [4.69, 9.17) is 0 Å². The lowest BCUT2D eigenvalue weighted by atomic mass is 10.2. The Morgan fingerprint density at radius 2 is 2.00 bits per heavy atom. The van der Waals surface area contributed by atoms with Gasteiger partial charge in [-0.25, -0.2) is 0 Å². The van der Waals surface area contributed by atoms with E-state index in [1.807, 2.05) is 35.2 Å². The first-order valence-corrected chi connectivity index (χ1v) is 4.15. The third kappa shape index (κ3) is 1.36. The number of hydrogen-bond acceptors (Lipinski definition) is 2. The minimum atomic E-state index is 0.156. The van der Waals surface area contributed by atoms with Gasteiger partial charge in [0.25, 0.3) is 0 Å². The van der Waals surface area contributed by atoms with Crippen LogP contribution in [0.2, 0.25) is 0 Å². The minimum Gasteiger partial charge on any atom is -0.834 e. The van der Waals surface area contributed by atoms with Gasteiger partial charge in [0.15, 0.2) is 0 Å². The molecule has 0 saturated carbocycles. The number of benzene rings is 1. The molecule has 2 atom stereocenters. The van der Waals surface area contributed by atoms with Gasteiger partial charge in [0.1, 0.15) is 0 Å². The van der Waals surface area contributed by atoms with Crippen molar-refractivity contribution in [1.29, 1.82) is 0 Å². The van der Waals surface area contributed by atoms with E-state index in [2.05, 4.69) is 6.92 Å². The summed E-state index contributed by atoms with van der Waals surface area (Å²) in [5.74, 6) is 0. The number of hydrogen-bond donors (Lipinski definition) is 0. The van der Waals surface area contributed by atoms with Crippen molar-refractivity contribution in [2.24, 2.45) is 0 Å². The van der Waals surface area contributed by atoms with Crippen molar-refractivity contribution >= 4 is 0 Å². The maximum atomic E-state index is 11.5. The van der Waals surface area contributed by atoms with Gasteiger partial charge in [0.05, 0.1) is 0 Å². The van der Waals surface area contributed by atoms with Gasteiger partial charge in [-0.3, -0.25) is 0 Å². The standard InChI is InChI=1S/C10H11NO/c1-8-7-11(8)10(12)9-5-3-2-4-6-9/h2-6,8H,7H2,1H3/q-1. The molecule has 2 heteroatoms. The third-order valence-corrected chi connectivity index (χ3v) is 2.14. The van der Waals surface area contributed by atoms with Crippen molar-refractivity contribution in [2.75, 3.05) is 6.54 Å². The summed E-state index contributed by atoms with van der Waals surface area (Å²) in [6.45, 7) is 2.97. The van der Waals surface area contributed by atoms with E-state index in [0.29, 0.717) is 6.04 Å². The number of nitrogens with zero attached hydrogens (tertiary/aromatic N) is 1. The fraction of sp³-hybridized carbons (Fsp3) is 0.300. The highest BCUT2D eigenvalue weighted by Crippen LogP contribution is 2.26. The van der Waals surface area contributed by atoms with E-state index in [1.165, 1.54) is 0 Å². The molecule has 0 spiro atoms. The summed E-state index contributed by atoms with van der Waals surface area (Å²) < 4.78 is 0. The molecule has 1 radical (unpaired) electrons. The summed E-state index contributed by atoms with van der Waals surface area (Å²) >= 11 is 0. The SMILES string of the molecule is CC1CN1[C]([O-])c1ccccc1. The van der Waals surface area contributed by atoms with Crippen LogP contribution in [0.5, 0.6) is 0 Å². The predicted octanol–water partition coefficient (Wildman–Crippen LogP) is 0.589. The monoisotopic (exact) mass is 161 g/mol. The molecule has 0 bridgehead atoms. The first-order valence-electron chi connectivity index (χ1n) is 4.15. The smallest absolute Gasteiger partial charge is 0.0190 e. The normalized spacial score (nSPS) is 27.6. The molecule has 2 nitrogen and oxygen atoms in total. The lowest BCUT2D eigenvalue weighted by molar-refractivity contribution is -0.366. The van der Waals surface area contributed by atoms with E-state index < -0.39 is 0 Å². The van der Waals surface area contributed by atoms with Gasteiger partial charge in [-0.15, -0.1) is 0 Å². The summed E-state index contributed by atoms with van der Waals surface area (Å²) in [5.41, 5.74) is 0.793. The van der Waals surface area contributed by atoms with Crippen LogP contribution in [0.1, 0.15) is 12.5 Å². The molecule has 2 rings (SSSR count). The molecule has 1 aliphatic heterocycles. The van der Waals surface area contributed by atoms with Crippen LogP contribution in [-0.4, -0.2) is 17.5 Å². The lowest BCUT2D eigenvalue weighted by Gasteiger charge is -2.23. The lowest BCUT2D eigenvalue weighted by Crippen LogP contribution is -2.25. The molecule has 0 N–H and O–H groups in total. The Morgan fingerprint density at radius 1 is 1.42 bits per heavy atom. The highest BCUT2D eigenvalue weighted by molar-refractivity contribution is 5.26. The van der Waals surface area contributed by atoms with Gasteiger partial charge in [-0.1, -0.05) is 30.3 Å². The van der Waals surface area contributed by atoms with Crippen molar-refractivity contribution in [2.45, 2.75) is 13.0 Å². The first kappa shape index (κ1) is 7.77.